The van der Waals surface area contributed by atoms with Crippen LogP contribution in [0.25, 0.3) is 0 Å². The minimum absolute atomic E-state index is 0.355. The number of allylic oxidation sites excluding steroid dienone is 11. The van der Waals surface area contributed by atoms with E-state index in [1.54, 1.807) is 0 Å². The van der Waals surface area contributed by atoms with Crippen molar-refractivity contribution in [1.82, 2.24) is 0 Å². The van der Waals surface area contributed by atoms with Crippen molar-refractivity contribution in [2.45, 2.75) is 32.6 Å². The van der Waals surface area contributed by atoms with Crippen LogP contribution in [0.3, 0.4) is 0 Å². The summed E-state index contributed by atoms with van der Waals surface area (Å²) in [5, 5.41) is 0. The monoisotopic (exact) mass is 378 g/mol. The van der Waals surface area contributed by atoms with Gasteiger partial charge in [0.15, 0.2) is 0 Å². The zero-order chi connectivity index (χ0) is 20.7. The number of benzene rings is 2. The highest BCUT2D eigenvalue weighted by Gasteiger charge is 2.47. The largest absolute Gasteiger partial charge is 0.0990 e. The lowest BCUT2D eigenvalue weighted by Crippen LogP contribution is -2.29. The molecule has 3 rings (SSSR count). The normalized spacial score (nSPS) is 19.1. The number of rotatable bonds is 6. The molecule has 0 heterocycles. The first kappa shape index (κ1) is 20.6. The minimum Gasteiger partial charge on any atom is -0.0990 e. The lowest BCUT2D eigenvalue weighted by atomic mass is 9.66. The van der Waals surface area contributed by atoms with Crippen LogP contribution in [0.5, 0.6) is 0 Å². The molecule has 0 heteroatoms. The SMILES string of the molecule is C=C/C=C1C(/C=C\C)=C(/C=C\CC)C(c2ccccc2)(c2ccccc2)C/1=C/C. The summed E-state index contributed by atoms with van der Waals surface area (Å²) in [5.41, 5.74) is 7.33. The molecule has 1 aliphatic rings. The highest BCUT2D eigenvalue weighted by Crippen LogP contribution is 2.56. The Morgan fingerprint density at radius 3 is 1.90 bits per heavy atom. The van der Waals surface area contributed by atoms with E-state index in [1.807, 2.05) is 6.08 Å². The third kappa shape index (κ3) is 3.51. The zero-order valence-corrected chi connectivity index (χ0v) is 17.7. The molecular formula is C29H30. The molecule has 0 aliphatic heterocycles. The van der Waals surface area contributed by atoms with Crippen LogP contribution in [0.2, 0.25) is 0 Å². The molecule has 0 nitrogen and oxygen atoms in total. The quantitative estimate of drug-likeness (QED) is 0.479. The molecule has 0 amide bonds. The van der Waals surface area contributed by atoms with Gasteiger partial charge in [-0.15, -0.1) is 0 Å². The Balaban J connectivity index is 2.54. The molecule has 0 spiro atoms. The van der Waals surface area contributed by atoms with Gasteiger partial charge in [-0.05, 0) is 53.7 Å². The molecule has 2 aromatic rings. The minimum atomic E-state index is -0.355. The summed E-state index contributed by atoms with van der Waals surface area (Å²) in [5.74, 6) is 0. The van der Waals surface area contributed by atoms with Crippen molar-refractivity contribution in [2.75, 3.05) is 0 Å². The van der Waals surface area contributed by atoms with Crippen LogP contribution >= 0.6 is 0 Å². The van der Waals surface area contributed by atoms with Gasteiger partial charge in [0.1, 0.15) is 0 Å². The third-order valence-electron chi connectivity index (χ3n) is 5.52. The summed E-state index contributed by atoms with van der Waals surface area (Å²) >= 11 is 0. The van der Waals surface area contributed by atoms with E-state index in [2.05, 4.69) is 124 Å². The van der Waals surface area contributed by atoms with E-state index in [4.69, 9.17) is 0 Å². The summed E-state index contributed by atoms with van der Waals surface area (Å²) < 4.78 is 0. The number of hydrogen-bond acceptors (Lipinski definition) is 0. The van der Waals surface area contributed by atoms with Crippen LogP contribution in [0.1, 0.15) is 38.3 Å². The van der Waals surface area contributed by atoms with Gasteiger partial charge in [0, 0.05) is 0 Å². The molecule has 0 radical (unpaired) electrons. The molecule has 0 atom stereocenters. The van der Waals surface area contributed by atoms with Crippen molar-refractivity contribution in [3.63, 3.8) is 0 Å². The fourth-order valence-electron chi connectivity index (χ4n) is 4.47. The molecular weight excluding hydrogens is 348 g/mol. The van der Waals surface area contributed by atoms with Gasteiger partial charge >= 0.3 is 0 Å². The topological polar surface area (TPSA) is 0 Å². The van der Waals surface area contributed by atoms with Crippen molar-refractivity contribution in [3.05, 3.63) is 143 Å². The predicted octanol–water partition coefficient (Wildman–Crippen LogP) is 7.88. The molecule has 0 fully saturated rings. The van der Waals surface area contributed by atoms with Gasteiger partial charge in [-0.25, -0.2) is 0 Å². The lowest BCUT2D eigenvalue weighted by molar-refractivity contribution is 0.756. The molecule has 0 unspecified atom stereocenters. The molecule has 146 valence electrons. The zero-order valence-electron chi connectivity index (χ0n) is 17.7. The maximum Gasteiger partial charge on any atom is 0.0710 e. The Morgan fingerprint density at radius 2 is 1.45 bits per heavy atom. The van der Waals surface area contributed by atoms with Crippen molar-refractivity contribution in [2.24, 2.45) is 0 Å². The fraction of sp³-hybridized carbons (Fsp3) is 0.172. The lowest BCUT2D eigenvalue weighted by Gasteiger charge is -2.35. The predicted molar refractivity (Wildman–Crippen MR) is 127 cm³/mol. The standard InChI is InChI=1S/C29H30/c1-5-9-22-28-26(17-7-3)25(16-6-2)27(8-4)29(28,23-18-12-10-13-19-23)24-20-14-11-15-21-24/h6-22H,2,5H2,1,3-4H3/b17-7-,22-9-,25-16-,27-8+. The molecule has 1 aliphatic carbocycles. The van der Waals surface area contributed by atoms with Crippen molar-refractivity contribution < 1.29 is 0 Å². The van der Waals surface area contributed by atoms with Crippen molar-refractivity contribution >= 4 is 0 Å². The first-order valence-corrected chi connectivity index (χ1v) is 10.4. The summed E-state index contributed by atoms with van der Waals surface area (Å²) in [7, 11) is 0. The Morgan fingerprint density at radius 1 is 0.862 bits per heavy atom. The Labute approximate surface area is 176 Å². The van der Waals surface area contributed by atoms with Gasteiger partial charge in [-0.1, -0.05) is 117 Å². The van der Waals surface area contributed by atoms with Crippen molar-refractivity contribution in [1.29, 1.82) is 0 Å². The molecule has 0 aromatic heterocycles. The molecule has 0 saturated carbocycles. The second-order valence-corrected chi connectivity index (χ2v) is 7.14. The van der Waals surface area contributed by atoms with Gasteiger partial charge in [0.05, 0.1) is 5.41 Å². The van der Waals surface area contributed by atoms with Crippen LogP contribution < -0.4 is 0 Å². The van der Waals surface area contributed by atoms with E-state index in [9.17, 15) is 0 Å². The summed E-state index contributed by atoms with van der Waals surface area (Å²) in [4.78, 5) is 0. The Hall–Kier alpha value is -3.12. The summed E-state index contributed by atoms with van der Waals surface area (Å²) in [6.07, 6.45) is 16.3. The molecule has 0 bridgehead atoms. The van der Waals surface area contributed by atoms with Gasteiger partial charge in [0.2, 0.25) is 0 Å². The molecule has 2 aromatic carbocycles. The van der Waals surface area contributed by atoms with Gasteiger partial charge in [-0.2, -0.15) is 0 Å². The van der Waals surface area contributed by atoms with E-state index < -0.39 is 0 Å². The maximum absolute atomic E-state index is 4.00. The molecule has 29 heavy (non-hydrogen) atoms. The van der Waals surface area contributed by atoms with Gasteiger partial charge < -0.3 is 0 Å². The van der Waals surface area contributed by atoms with Crippen LogP contribution in [0, 0.1) is 0 Å². The van der Waals surface area contributed by atoms with Crippen LogP contribution in [0.15, 0.2) is 132 Å². The highest BCUT2D eigenvalue weighted by molar-refractivity contribution is 5.78. The van der Waals surface area contributed by atoms with E-state index in [0.717, 1.165) is 6.42 Å². The van der Waals surface area contributed by atoms with E-state index in [0.29, 0.717) is 0 Å². The first-order chi connectivity index (χ1) is 14.2. The highest BCUT2D eigenvalue weighted by atomic mass is 14.5. The smallest absolute Gasteiger partial charge is 0.0710 e. The van der Waals surface area contributed by atoms with Crippen LogP contribution in [-0.2, 0) is 5.41 Å². The molecule has 0 N–H and O–H groups in total. The van der Waals surface area contributed by atoms with E-state index >= 15 is 0 Å². The Bertz CT molecular complexity index is 953. The van der Waals surface area contributed by atoms with Gasteiger partial charge in [0.25, 0.3) is 0 Å². The fourth-order valence-corrected chi connectivity index (χ4v) is 4.47. The van der Waals surface area contributed by atoms with Crippen LogP contribution in [0.4, 0.5) is 0 Å². The average molecular weight is 379 g/mol. The van der Waals surface area contributed by atoms with E-state index in [-0.39, 0.29) is 5.41 Å². The Kier molecular flexibility index (Phi) is 6.67. The van der Waals surface area contributed by atoms with Gasteiger partial charge in [-0.3, -0.25) is 0 Å². The summed E-state index contributed by atoms with van der Waals surface area (Å²) in [6, 6.07) is 21.7. The van der Waals surface area contributed by atoms with Crippen LogP contribution in [-0.4, -0.2) is 0 Å². The second kappa shape index (κ2) is 9.39. The maximum atomic E-state index is 4.00. The van der Waals surface area contributed by atoms with E-state index in [1.165, 1.54) is 33.4 Å². The first-order valence-electron chi connectivity index (χ1n) is 10.4. The second-order valence-electron chi connectivity index (χ2n) is 7.14. The number of hydrogen-bond donors (Lipinski definition) is 0. The average Bonchev–Trinajstić information content (AvgIpc) is 3.03. The third-order valence-corrected chi connectivity index (χ3v) is 5.52. The summed E-state index contributed by atoms with van der Waals surface area (Å²) in [6.45, 7) is 10.4. The molecule has 0 saturated heterocycles. The van der Waals surface area contributed by atoms with Crippen molar-refractivity contribution in [3.8, 4) is 0 Å².